The fourth-order valence-electron chi connectivity index (χ4n) is 4.49. The highest BCUT2D eigenvalue weighted by molar-refractivity contribution is 5.97. The standard InChI is InChI=1S/C27H39NO7/c1-17-14-18(2)27(35-25(32)13-8-6-5-7-12-22(34-4)26(17)33)19(3)21(29)11-9-10-20-15-23(30)28-24(31)16-20/h7,9,11-12,14,17,19-20,22,26-27,33H,5-6,8,10,13,15-16H2,1-4H3,(H,28,30,31)/b11-9+,12-7+,18-14-/t17-,19-,22+,26+,27+/m1/s1. The van der Waals surface area contributed by atoms with Gasteiger partial charge in [-0.2, -0.15) is 0 Å². The number of allylic oxidation sites excluding steroid dienone is 3. The van der Waals surface area contributed by atoms with Gasteiger partial charge >= 0.3 is 5.97 Å². The molecule has 2 amide bonds. The number of carbonyl (C=O) groups excluding carboxylic acids is 4. The molecule has 2 aliphatic heterocycles. The molecule has 0 unspecified atom stereocenters. The number of cyclic esters (lactones) is 1. The third-order valence-corrected chi connectivity index (χ3v) is 6.59. The predicted molar refractivity (Wildman–Crippen MR) is 131 cm³/mol. The average Bonchev–Trinajstić information content (AvgIpc) is 2.79. The Balaban J connectivity index is 2.16. The van der Waals surface area contributed by atoms with Gasteiger partial charge < -0.3 is 14.6 Å². The first-order chi connectivity index (χ1) is 16.6. The van der Waals surface area contributed by atoms with Crippen LogP contribution in [0.15, 0.2) is 36.0 Å². The number of esters is 1. The molecule has 1 saturated heterocycles. The van der Waals surface area contributed by atoms with Crippen LogP contribution in [0.1, 0.15) is 65.7 Å². The van der Waals surface area contributed by atoms with Gasteiger partial charge in [0.25, 0.3) is 0 Å². The second-order valence-corrected chi connectivity index (χ2v) is 9.62. The van der Waals surface area contributed by atoms with Gasteiger partial charge in [0.2, 0.25) is 11.8 Å². The number of piperidine rings is 1. The van der Waals surface area contributed by atoms with Crippen molar-refractivity contribution in [3.63, 3.8) is 0 Å². The molecule has 0 aliphatic carbocycles. The van der Waals surface area contributed by atoms with Crippen LogP contribution in [0, 0.1) is 17.8 Å². The van der Waals surface area contributed by atoms with E-state index >= 15 is 0 Å². The lowest BCUT2D eigenvalue weighted by molar-refractivity contribution is -0.150. The van der Waals surface area contributed by atoms with Crippen LogP contribution >= 0.6 is 0 Å². The van der Waals surface area contributed by atoms with Crippen LogP contribution < -0.4 is 5.32 Å². The first kappa shape index (κ1) is 28.7. The predicted octanol–water partition coefficient (Wildman–Crippen LogP) is 3.19. The van der Waals surface area contributed by atoms with Crippen molar-refractivity contribution in [1.29, 1.82) is 0 Å². The van der Waals surface area contributed by atoms with E-state index in [-0.39, 0.29) is 54.7 Å². The summed E-state index contributed by atoms with van der Waals surface area (Å²) in [7, 11) is 1.55. The van der Waals surface area contributed by atoms with Gasteiger partial charge in [0.1, 0.15) is 12.2 Å². The van der Waals surface area contributed by atoms with Gasteiger partial charge in [-0.25, -0.2) is 0 Å². The minimum absolute atomic E-state index is 0.130. The lowest BCUT2D eigenvalue weighted by Gasteiger charge is -2.27. The lowest BCUT2D eigenvalue weighted by Crippen LogP contribution is -2.38. The van der Waals surface area contributed by atoms with Crippen LogP contribution in [0.2, 0.25) is 0 Å². The van der Waals surface area contributed by atoms with Crippen LogP contribution in [0.5, 0.6) is 0 Å². The molecule has 8 heteroatoms. The number of methoxy groups -OCH3 is 1. The fraction of sp³-hybridized carbons (Fsp3) is 0.630. The molecule has 0 aromatic heterocycles. The van der Waals surface area contributed by atoms with E-state index in [1.54, 1.807) is 27.0 Å². The van der Waals surface area contributed by atoms with Gasteiger partial charge in [0.05, 0.1) is 12.0 Å². The Labute approximate surface area is 207 Å². The second-order valence-electron chi connectivity index (χ2n) is 9.62. The molecule has 194 valence electrons. The number of aliphatic hydroxyl groups is 1. The van der Waals surface area contributed by atoms with E-state index in [0.717, 1.165) is 12.8 Å². The summed E-state index contributed by atoms with van der Waals surface area (Å²) in [4.78, 5) is 48.6. The molecule has 2 rings (SSSR count). The van der Waals surface area contributed by atoms with Crippen molar-refractivity contribution in [2.24, 2.45) is 17.8 Å². The maximum Gasteiger partial charge on any atom is 0.306 e. The van der Waals surface area contributed by atoms with Gasteiger partial charge in [-0.05, 0) is 50.2 Å². The Morgan fingerprint density at radius 3 is 2.60 bits per heavy atom. The number of rotatable bonds is 6. The number of aliphatic hydroxyl groups excluding tert-OH is 1. The van der Waals surface area contributed by atoms with Crippen LogP contribution in [0.25, 0.3) is 0 Å². The van der Waals surface area contributed by atoms with Crippen molar-refractivity contribution in [1.82, 2.24) is 5.32 Å². The molecule has 0 aromatic carbocycles. The highest BCUT2D eigenvalue weighted by Gasteiger charge is 2.30. The summed E-state index contributed by atoms with van der Waals surface area (Å²) in [6, 6.07) is 0. The summed E-state index contributed by atoms with van der Waals surface area (Å²) in [6.07, 6.45) is 10.2. The Kier molecular flexibility index (Phi) is 11.5. The van der Waals surface area contributed by atoms with Crippen LogP contribution in [-0.4, -0.2) is 54.1 Å². The molecule has 8 nitrogen and oxygen atoms in total. The molecule has 0 spiro atoms. The smallest absolute Gasteiger partial charge is 0.306 e. The summed E-state index contributed by atoms with van der Waals surface area (Å²) in [6.45, 7) is 5.36. The zero-order valence-electron chi connectivity index (χ0n) is 21.2. The lowest BCUT2D eigenvalue weighted by atomic mass is 9.89. The first-order valence-electron chi connectivity index (χ1n) is 12.4. The number of carbonyl (C=O) groups is 4. The molecule has 2 heterocycles. The van der Waals surface area contributed by atoms with Gasteiger partial charge in [0.15, 0.2) is 5.78 Å². The third kappa shape index (κ3) is 9.18. The average molecular weight is 490 g/mol. The van der Waals surface area contributed by atoms with E-state index in [4.69, 9.17) is 9.47 Å². The minimum atomic E-state index is -0.799. The van der Waals surface area contributed by atoms with E-state index in [1.807, 2.05) is 25.2 Å². The molecule has 0 saturated carbocycles. The summed E-state index contributed by atoms with van der Waals surface area (Å²) < 4.78 is 11.2. The highest BCUT2D eigenvalue weighted by atomic mass is 16.5. The summed E-state index contributed by atoms with van der Waals surface area (Å²) >= 11 is 0. The Morgan fingerprint density at radius 1 is 1.26 bits per heavy atom. The number of ether oxygens (including phenoxy) is 2. The Morgan fingerprint density at radius 2 is 1.94 bits per heavy atom. The third-order valence-electron chi connectivity index (χ3n) is 6.59. The van der Waals surface area contributed by atoms with Crippen molar-refractivity contribution in [2.75, 3.05) is 7.11 Å². The topological polar surface area (TPSA) is 119 Å². The zero-order valence-corrected chi connectivity index (χ0v) is 21.2. The summed E-state index contributed by atoms with van der Waals surface area (Å²) in [5.41, 5.74) is 0.685. The van der Waals surface area contributed by atoms with E-state index in [9.17, 15) is 24.3 Å². The van der Waals surface area contributed by atoms with Crippen molar-refractivity contribution in [2.45, 2.75) is 84.0 Å². The van der Waals surface area contributed by atoms with Gasteiger partial charge in [0, 0.05) is 32.3 Å². The number of ketones is 1. The van der Waals surface area contributed by atoms with Crippen molar-refractivity contribution in [3.8, 4) is 0 Å². The highest BCUT2D eigenvalue weighted by Crippen LogP contribution is 2.24. The van der Waals surface area contributed by atoms with Gasteiger partial charge in [-0.3, -0.25) is 24.5 Å². The van der Waals surface area contributed by atoms with Gasteiger partial charge in [-0.1, -0.05) is 38.2 Å². The van der Waals surface area contributed by atoms with E-state index in [0.29, 0.717) is 18.4 Å². The Hall–Kier alpha value is -2.58. The SMILES string of the molecule is CO[C@H]1/C=C/CCCCC(=O)O[C@H]([C@H](C)C(=O)/C=C/CC2CC(=O)NC(=O)C2)/C(C)=C\[C@@H](C)[C@@H]1O. The minimum Gasteiger partial charge on any atom is -0.457 e. The maximum atomic E-state index is 13.0. The number of hydrogen-bond acceptors (Lipinski definition) is 7. The molecule has 35 heavy (non-hydrogen) atoms. The van der Waals surface area contributed by atoms with E-state index in [2.05, 4.69) is 5.32 Å². The summed E-state index contributed by atoms with van der Waals surface area (Å²) in [5, 5.41) is 13.0. The van der Waals surface area contributed by atoms with E-state index < -0.39 is 24.2 Å². The quantitative estimate of drug-likeness (QED) is 0.254. The zero-order chi connectivity index (χ0) is 26.0. The molecule has 0 aromatic rings. The molecule has 2 aliphatic rings. The van der Waals surface area contributed by atoms with Crippen molar-refractivity contribution in [3.05, 3.63) is 36.0 Å². The number of amides is 2. The Bertz CT molecular complexity index is 844. The molecule has 0 radical (unpaired) electrons. The van der Waals surface area contributed by atoms with Gasteiger partial charge in [-0.15, -0.1) is 0 Å². The second kappa shape index (κ2) is 14.1. The molecule has 1 fully saturated rings. The number of nitrogens with one attached hydrogen (secondary N) is 1. The molecule has 5 atom stereocenters. The number of imide groups is 1. The van der Waals surface area contributed by atoms with Crippen LogP contribution in [0.3, 0.4) is 0 Å². The molecular formula is C27H39NO7. The molecule has 2 N–H and O–H groups in total. The van der Waals surface area contributed by atoms with E-state index in [1.165, 1.54) is 6.08 Å². The van der Waals surface area contributed by atoms with Crippen LogP contribution in [-0.2, 0) is 28.7 Å². The first-order valence-corrected chi connectivity index (χ1v) is 12.4. The van der Waals surface area contributed by atoms with Crippen molar-refractivity contribution < 1.29 is 33.8 Å². The fourth-order valence-corrected chi connectivity index (χ4v) is 4.49. The van der Waals surface area contributed by atoms with Crippen LogP contribution in [0.4, 0.5) is 0 Å². The largest absolute Gasteiger partial charge is 0.457 e. The summed E-state index contributed by atoms with van der Waals surface area (Å²) in [5.74, 6) is -2.24. The molecule has 0 bridgehead atoms. The molecular weight excluding hydrogens is 450 g/mol. The maximum absolute atomic E-state index is 13.0. The monoisotopic (exact) mass is 489 g/mol. The number of hydrogen-bond donors (Lipinski definition) is 2. The normalized spacial score (nSPS) is 31.1. The van der Waals surface area contributed by atoms with Crippen molar-refractivity contribution >= 4 is 23.6 Å².